The largest absolute Gasteiger partial charge is 0.348 e. The fourth-order valence-electron chi connectivity index (χ4n) is 3.43. The zero-order valence-corrected chi connectivity index (χ0v) is 18.7. The number of rotatable bonds is 6. The number of nitrogens with one attached hydrogen (secondary N) is 1. The average molecular weight is 438 g/mol. The molecule has 8 heteroatoms. The van der Waals surface area contributed by atoms with Crippen LogP contribution in [0, 0.1) is 19.7 Å². The van der Waals surface area contributed by atoms with E-state index in [9.17, 15) is 9.18 Å². The van der Waals surface area contributed by atoms with Gasteiger partial charge in [0, 0.05) is 7.05 Å². The number of halogens is 1. The molecule has 0 aliphatic carbocycles. The zero-order valence-electron chi connectivity index (χ0n) is 17.9. The minimum absolute atomic E-state index is 0.129. The second kappa shape index (κ2) is 8.47. The van der Waals surface area contributed by atoms with Crippen LogP contribution in [0.15, 0.2) is 48.5 Å². The fraction of sp³-hybridized carbons (Fsp3) is 0.261. The molecule has 4 rings (SSSR count). The van der Waals surface area contributed by atoms with Crippen LogP contribution in [-0.4, -0.2) is 34.3 Å². The number of hydrogen-bond acceptors (Lipinski definition) is 5. The Labute approximate surface area is 184 Å². The Morgan fingerprint density at radius 3 is 2.68 bits per heavy atom. The molecule has 31 heavy (non-hydrogen) atoms. The van der Waals surface area contributed by atoms with E-state index in [0.29, 0.717) is 0 Å². The summed E-state index contributed by atoms with van der Waals surface area (Å²) in [6.07, 6.45) is 0. The monoisotopic (exact) mass is 437 g/mol. The Hall–Kier alpha value is -3.26. The summed E-state index contributed by atoms with van der Waals surface area (Å²) in [6, 6.07) is 14.0. The quantitative estimate of drug-likeness (QED) is 0.481. The predicted molar refractivity (Wildman–Crippen MR) is 122 cm³/mol. The first kappa shape index (κ1) is 21.0. The molecule has 0 spiro atoms. The van der Waals surface area contributed by atoms with E-state index in [2.05, 4.69) is 16.5 Å². The summed E-state index contributed by atoms with van der Waals surface area (Å²) >= 11 is 1.52. The molecule has 0 saturated heterocycles. The number of anilines is 1. The number of aromatic nitrogens is 3. The molecule has 0 fully saturated rings. The van der Waals surface area contributed by atoms with E-state index in [1.54, 1.807) is 12.1 Å². The Balaban J connectivity index is 1.50. The summed E-state index contributed by atoms with van der Waals surface area (Å²) in [7, 11) is 1.85. The van der Waals surface area contributed by atoms with Crippen LogP contribution >= 0.6 is 11.3 Å². The summed E-state index contributed by atoms with van der Waals surface area (Å²) in [6.45, 7) is 6.05. The molecule has 0 saturated carbocycles. The molecule has 0 radical (unpaired) electrons. The van der Waals surface area contributed by atoms with Crippen molar-refractivity contribution in [3.8, 4) is 5.69 Å². The lowest BCUT2D eigenvalue weighted by atomic mass is 10.1. The van der Waals surface area contributed by atoms with Gasteiger partial charge in [0.25, 0.3) is 0 Å². The number of nitrogens with zero attached hydrogens (tertiary/aromatic N) is 4. The minimum Gasteiger partial charge on any atom is -0.348 e. The van der Waals surface area contributed by atoms with Crippen LogP contribution < -0.4 is 10.2 Å². The summed E-state index contributed by atoms with van der Waals surface area (Å²) in [4.78, 5) is 19.1. The summed E-state index contributed by atoms with van der Waals surface area (Å²) < 4.78 is 16.0. The molecular formula is C23H24FN5OS. The molecule has 0 bridgehead atoms. The number of likely N-dealkylation sites (N-methyl/N-ethyl adjacent to an activating group) is 1. The lowest BCUT2D eigenvalue weighted by molar-refractivity contribution is -0.120. The highest BCUT2D eigenvalue weighted by Crippen LogP contribution is 2.32. The van der Waals surface area contributed by atoms with Crippen molar-refractivity contribution in [3.63, 3.8) is 0 Å². The Morgan fingerprint density at radius 1 is 1.23 bits per heavy atom. The summed E-state index contributed by atoms with van der Waals surface area (Å²) in [5.74, 6) is -0.423. The molecule has 0 unspecified atom stereocenters. The maximum absolute atomic E-state index is 13.1. The second-order valence-corrected chi connectivity index (χ2v) is 8.66. The number of aryl methyl sites for hydroxylation is 2. The molecule has 2 aromatic heterocycles. The van der Waals surface area contributed by atoms with E-state index in [-0.39, 0.29) is 24.3 Å². The van der Waals surface area contributed by atoms with Crippen LogP contribution in [0.3, 0.4) is 0 Å². The maximum atomic E-state index is 13.1. The van der Waals surface area contributed by atoms with Crippen molar-refractivity contribution in [2.75, 3.05) is 18.5 Å². The van der Waals surface area contributed by atoms with Gasteiger partial charge in [0.2, 0.25) is 5.91 Å². The van der Waals surface area contributed by atoms with Gasteiger partial charge in [0.15, 0.2) is 10.8 Å². The molecule has 4 aromatic rings. The van der Waals surface area contributed by atoms with Gasteiger partial charge in [-0.25, -0.2) is 9.07 Å². The molecule has 2 heterocycles. The van der Waals surface area contributed by atoms with E-state index in [4.69, 9.17) is 4.98 Å². The number of benzene rings is 2. The van der Waals surface area contributed by atoms with E-state index < -0.39 is 0 Å². The minimum atomic E-state index is -0.294. The van der Waals surface area contributed by atoms with Crippen molar-refractivity contribution in [1.29, 1.82) is 0 Å². The van der Waals surface area contributed by atoms with E-state index in [1.165, 1.54) is 23.5 Å². The average Bonchev–Trinajstić information content (AvgIpc) is 3.29. The van der Waals surface area contributed by atoms with Crippen molar-refractivity contribution in [2.45, 2.75) is 26.8 Å². The molecule has 0 aliphatic heterocycles. The van der Waals surface area contributed by atoms with Crippen LogP contribution in [0.4, 0.5) is 9.52 Å². The van der Waals surface area contributed by atoms with Crippen molar-refractivity contribution in [2.24, 2.45) is 0 Å². The first-order valence-electron chi connectivity index (χ1n) is 10.0. The van der Waals surface area contributed by atoms with Gasteiger partial charge in [0.05, 0.1) is 28.7 Å². The highest BCUT2D eigenvalue weighted by atomic mass is 32.1. The van der Waals surface area contributed by atoms with Crippen molar-refractivity contribution >= 4 is 32.7 Å². The topological polar surface area (TPSA) is 63.1 Å². The fourth-order valence-corrected chi connectivity index (χ4v) is 4.38. The highest BCUT2D eigenvalue weighted by Gasteiger charge is 2.19. The van der Waals surface area contributed by atoms with Crippen LogP contribution in [0.25, 0.3) is 16.0 Å². The van der Waals surface area contributed by atoms with Gasteiger partial charge in [-0.05, 0) is 56.2 Å². The normalized spacial score (nSPS) is 12.2. The third-order valence-electron chi connectivity index (χ3n) is 5.08. The van der Waals surface area contributed by atoms with Gasteiger partial charge in [-0.15, -0.1) is 0 Å². The van der Waals surface area contributed by atoms with Crippen molar-refractivity contribution in [1.82, 2.24) is 20.1 Å². The van der Waals surface area contributed by atoms with E-state index in [0.717, 1.165) is 38.0 Å². The van der Waals surface area contributed by atoms with Crippen LogP contribution in [-0.2, 0) is 4.79 Å². The smallest absolute Gasteiger partial charge is 0.240 e. The van der Waals surface area contributed by atoms with E-state index in [1.807, 2.05) is 55.6 Å². The zero-order chi connectivity index (χ0) is 22.1. The van der Waals surface area contributed by atoms with Gasteiger partial charge in [0.1, 0.15) is 5.82 Å². The number of amides is 1. The Kier molecular flexibility index (Phi) is 5.73. The Morgan fingerprint density at radius 2 is 1.97 bits per heavy atom. The van der Waals surface area contributed by atoms with Gasteiger partial charge in [-0.2, -0.15) is 10.1 Å². The number of carbonyl (C=O) groups excluding carboxylic acids is 1. The van der Waals surface area contributed by atoms with Gasteiger partial charge >= 0.3 is 0 Å². The molecule has 0 aliphatic rings. The van der Waals surface area contributed by atoms with Crippen LogP contribution in [0.1, 0.15) is 29.8 Å². The first-order chi connectivity index (χ1) is 14.8. The SMILES string of the molecule is Cc1cccc(-n2nc(C)c3sc(N(C)CC(=O)N[C@H](C)c4ccc(F)cc4)nc32)c1. The maximum Gasteiger partial charge on any atom is 0.240 e. The molecule has 1 amide bonds. The molecular weight excluding hydrogens is 413 g/mol. The lowest BCUT2D eigenvalue weighted by Crippen LogP contribution is -2.36. The summed E-state index contributed by atoms with van der Waals surface area (Å²) in [5, 5.41) is 8.35. The number of hydrogen-bond donors (Lipinski definition) is 1. The van der Waals surface area contributed by atoms with Crippen LogP contribution in [0.5, 0.6) is 0 Å². The summed E-state index contributed by atoms with van der Waals surface area (Å²) in [5.41, 5.74) is 4.66. The second-order valence-electron chi connectivity index (χ2n) is 7.68. The van der Waals surface area contributed by atoms with Gasteiger partial charge in [-0.1, -0.05) is 35.6 Å². The van der Waals surface area contributed by atoms with Crippen molar-refractivity contribution < 1.29 is 9.18 Å². The molecule has 2 aromatic carbocycles. The predicted octanol–water partition coefficient (Wildman–Crippen LogP) is 4.55. The standard InChI is InChI=1S/C23H24FN5OS/c1-14-6-5-7-19(12-14)29-22-21(16(3)27-29)31-23(26-22)28(4)13-20(30)25-15(2)17-8-10-18(24)11-9-17/h5-12,15H,13H2,1-4H3,(H,25,30)/t15-/m1/s1. The van der Waals surface area contributed by atoms with Crippen molar-refractivity contribution in [3.05, 3.63) is 71.2 Å². The van der Waals surface area contributed by atoms with Gasteiger partial charge < -0.3 is 10.2 Å². The molecule has 1 atom stereocenters. The lowest BCUT2D eigenvalue weighted by Gasteiger charge is -2.18. The number of thiazole rings is 1. The van der Waals surface area contributed by atoms with Gasteiger partial charge in [-0.3, -0.25) is 4.79 Å². The first-order valence-corrected chi connectivity index (χ1v) is 10.8. The highest BCUT2D eigenvalue weighted by molar-refractivity contribution is 7.22. The third-order valence-corrected chi connectivity index (χ3v) is 6.35. The van der Waals surface area contributed by atoms with E-state index >= 15 is 0 Å². The number of carbonyl (C=O) groups is 1. The third kappa shape index (κ3) is 4.44. The number of fused-ring (bicyclic) bond motifs is 1. The molecule has 6 nitrogen and oxygen atoms in total. The molecule has 160 valence electrons. The van der Waals surface area contributed by atoms with Crippen LogP contribution in [0.2, 0.25) is 0 Å². The molecule has 1 N–H and O–H groups in total. The Bertz CT molecular complexity index is 1230.